The fourth-order valence-corrected chi connectivity index (χ4v) is 3.65. The zero-order valence-electron chi connectivity index (χ0n) is 19.5. The molecule has 0 bridgehead atoms. The SMILES string of the molecule is CCOc1cc(C=NNC(=O)c2cc3ccccc3cc2OC)ccc1OCc1ccc(Cl)cc1. The van der Waals surface area contributed by atoms with E-state index in [9.17, 15) is 4.79 Å². The summed E-state index contributed by atoms with van der Waals surface area (Å²) in [5.74, 6) is 1.32. The first-order chi connectivity index (χ1) is 17.1. The molecule has 178 valence electrons. The molecule has 0 fully saturated rings. The first kappa shape index (κ1) is 24.1. The highest BCUT2D eigenvalue weighted by molar-refractivity contribution is 6.30. The molecule has 1 amide bonds. The predicted molar refractivity (Wildman–Crippen MR) is 139 cm³/mol. The molecule has 0 saturated heterocycles. The molecule has 0 radical (unpaired) electrons. The van der Waals surface area contributed by atoms with Crippen LogP contribution in [-0.4, -0.2) is 25.8 Å². The molecule has 1 N–H and O–H groups in total. The van der Waals surface area contributed by atoms with Crippen LogP contribution in [0.25, 0.3) is 10.8 Å². The number of nitrogens with zero attached hydrogens (tertiary/aromatic N) is 1. The van der Waals surface area contributed by atoms with Crippen molar-refractivity contribution in [3.63, 3.8) is 0 Å². The molecule has 6 nitrogen and oxygen atoms in total. The number of rotatable bonds is 9. The Morgan fingerprint density at radius 2 is 1.66 bits per heavy atom. The monoisotopic (exact) mass is 488 g/mol. The number of carbonyl (C=O) groups is 1. The van der Waals surface area contributed by atoms with Gasteiger partial charge in [0.05, 0.1) is 25.5 Å². The average molecular weight is 489 g/mol. The van der Waals surface area contributed by atoms with Gasteiger partial charge in [0.2, 0.25) is 0 Å². The highest BCUT2D eigenvalue weighted by Crippen LogP contribution is 2.29. The zero-order chi connectivity index (χ0) is 24.6. The van der Waals surface area contributed by atoms with E-state index < -0.39 is 0 Å². The predicted octanol–water partition coefficient (Wildman–Crippen LogP) is 6.24. The second-order valence-electron chi connectivity index (χ2n) is 7.65. The number of hydrazone groups is 1. The van der Waals surface area contributed by atoms with Gasteiger partial charge in [0.1, 0.15) is 12.4 Å². The molecule has 0 unspecified atom stereocenters. The number of amides is 1. The minimum atomic E-state index is -0.364. The van der Waals surface area contributed by atoms with Gasteiger partial charge in [0.15, 0.2) is 11.5 Å². The number of ether oxygens (including phenoxy) is 3. The number of carbonyl (C=O) groups excluding carboxylic acids is 1. The van der Waals surface area contributed by atoms with E-state index in [1.165, 1.54) is 7.11 Å². The molecule has 4 aromatic rings. The Bertz CT molecular complexity index is 1350. The van der Waals surface area contributed by atoms with Crippen LogP contribution in [0.4, 0.5) is 0 Å². The van der Waals surface area contributed by atoms with E-state index >= 15 is 0 Å². The average Bonchev–Trinajstić information content (AvgIpc) is 2.88. The number of fused-ring (bicyclic) bond motifs is 1. The van der Waals surface area contributed by atoms with E-state index in [4.69, 9.17) is 25.8 Å². The minimum absolute atomic E-state index is 0.364. The van der Waals surface area contributed by atoms with Gasteiger partial charge in [-0.05, 0) is 71.3 Å². The first-order valence-corrected chi connectivity index (χ1v) is 11.5. The molecule has 0 aliphatic carbocycles. The summed E-state index contributed by atoms with van der Waals surface area (Å²) < 4.78 is 17.1. The van der Waals surface area contributed by atoms with Crippen molar-refractivity contribution in [2.24, 2.45) is 5.10 Å². The van der Waals surface area contributed by atoms with Gasteiger partial charge >= 0.3 is 0 Å². The van der Waals surface area contributed by atoms with E-state index in [2.05, 4.69) is 10.5 Å². The highest BCUT2D eigenvalue weighted by atomic mass is 35.5. The van der Waals surface area contributed by atoms with E-state index in [0.29, 0.717) is 41.0 Å². The minimum Gasteiger partial charge on any atom is -0.496 e. The Morgan fingerprint density at radius 1 is 0.914 bits per heavy atom. The number of hydrogen-bond donors (Lipinski definition) is 1. The van der Waals surface area contributed by atoms with Gasteiger partial charge in [-0.2, -0.15) is 5.10 Å². The summed E-state index contributed by atoms with van der Waals surface area (Å²) in [7, 11) is 1.54. The van der Waals surface area contributed by atoms with E-state index in [1.807, 2.05) is 79.7 Å². The quantitative estimate of drug-likeness (QED) is 0.223. The van der Waals surface area contributed by atoms with Crippen molar-refractivity contribution in [3.05, 3.63) is 101 Å². The Balaban J connectivity index is 1.45. The second kappa shape index (κ2) is 11.4. The molecule has 35 heavy (non-hydrogen) atoms. The molecular formula is C28H25ClN2O4. The summed E-state index contributed by atoms with van der Waals surface area (Å²) in [5.41, 5.74) is 4.72. The Hall–Kier alpha value is -4.03. The van der Waals surface area contributed by atoms with Crippen LogP contribution in [0.5, 0.6) is 17.2 Å². The maximum atomic E-state index is 12.8. The lowest BCUT2D eigenvalue weighted by atomic mass is 10.1. The van der Waals surface area contributed by atoms with Crippen molar-refractivity contribution in [1.82, 2.24) is 5.43 Å². The topological polar surface area (TPSA) is 69.2 Å². The lowest BCUT2D eigenvalue weighted by molar-refractivity contribution is 0.0952. The van der Waals surface area contributed by atoms with Crippen molar-refractivity contribution >= 4 is 34.5 Å². The van der Waals surface area contributed by atoms with Gasteiger partial charge in [0.25, 0.3) is 5.91 Å². The summed E-state index contributed by atoms with van der Waals surface area (Å²) in [4.78, 5) is 12.8. The lowest BCUT2D eigenvalue weighted by Gasteiger charge is -2.13. The van der Waals surface area contributed by atoms with Crippen molar-refractivity contribution in [3.8, 4) is 17.2 Å². The van der Waals surface area contributed by atoms with Crippen LogP contribution in [0.15, 0.2) is 84.0 Å². The van der Waals surface area contributed by atoms with Gasteiger partial charge in [-0.15, -0.1) is 0 Å². The summed E-state index contributed by atoms with van der Waals surface area (Å²) in [6.45, 7) is 2.77. The van der Waals surface area contributed by atoms with Crippen LogP contribution in [0.2, 0.25) is 5.02 Å². The van der Waals surface area contributed by atoms with Crippen molar-refractivity contribution in [2.75, 3.05) is 13.7 Å². The molecule has 0 aromatic heterocycles. The van der Waals surface area contributed by atoms with Crippen LogP contribution in [-0.2, 0) is 6.61 Å². The maximum absolute atomic E-state index is 12.8. The summed E-state index contributed by atoms with van der Waals surface area (Å²) in [5, 5.41) is 6.73. The molecule has 4 rings (SSSR count). The molecule has 7 heteroatoms. The van der Waals surface area contributed by atoms with E-state index in [-0.39, 0.29) is 5.91 Å². The number of hydrogen-bond acceptors (Lipinski definition) is 5. The molecule has 0 heterocycles. The molecule has 0 aliphatic heterocycles. The third-order valence-corrected chi connectivity index (χ3v) is 5.52. The molecule has 0 atom stereocenters. The van der Waals surface area contributed by atoms with Crippen molar-refractivity contribution in [2.45, 2.75) is 13.5 Å². The van der Waals surface area contributed by atoms with Crippen molar-refractivity contribution in [1.29, 1.82) is 0 Å². The number of halogens is 1. The van der Waals surface area contributed by atoms with Crippen LogP contribution in [0, 0.1) is 0 Å². The summed E-state index contributed by atoms with van der Waals surface area (Å²) in [6.07, 6.45) is 1.55. The van der Waals surface area contributed by atoms with Gasteiger partial charge in [-0.25, -0.2) is 5.43 Å². The molecular weight excluding hydrogens is 464 g/mol. The number of nitrogens with one attached hydrogen (secondary N) is 1. The smallest absolute Gasteiger partial charge is 0.275 e. The molecule has 4 aromatic carbocycles. The van der Waals surface area contributed by atoms with E-state index in [1.54, 1.807) is 12.3 Å². The van der Waals surface area contributed by atoms with Crippen LogP contribution in [0.3, 0.4) is 0 Å². The number of methoxy groups -OCH3 is 1. The lowest BCUT2D eigenvalue weighted by Crippen LogP contribution is -2.18. The van der Waals surface area contributed by atoms with E-state index in [0.717, 1.165) is 21.9 Å². The van der Waals surface area contributed by atoms with Gasteiger partial charge < -0.3 is 14.2 Å². The van der Waals surface area contributed by atoms with Gasteiger partial charge in [-0.1, -0.05) is 48.0 Å². The standard InChI is InChI=1S/C28H25ClN2O4/c1-3-34-27-14-20(10-13-25(27)35-18-19-8-11-23(29)12-9-19)17-30-31-28(32)24-15-21-6-4-5-7-22(21)16-26(24)33-2/h4-17H,3,18H2,1-2H3,(H,31,32). The Morgan fingerprint density at radius 3 is 2.37 bits per heavy atom. The van der Waals surface area contributed by atoms with Gasteiger partial charge in [-0.3, -0.25) is 4.79 Å². The largest absolute Gasteiger partial charge is 0.496 e. The maximum Gasteiger partial charge on any atom is 0.275 e. The van der Waals surface area contributed by atoms with Gasteiger partial charge in [0, 0.05) is 5.02 Å². The molecule has 0 saturated carbocycles. The summed E-state index contributed by atoms with van der Waals surface area (Å²) in [6, 6.07) is 24.4. The van der Waals surface area contributed by atoms with Crippen LogP contribution in [0.1, 0.15) is 28.4 Å². The van der Waals surface area contributed by atoms with Crippen molar-refractivity contribution < 1.29 is 19.0 Å². The first-order valence-electron chi connectivity index (χ1n) is 11.1. The second-order valence-corrected chi connectivity index (χ2v) is 8.09. The molecule has 0 aliphatic rings. The fourth-order valence-electron chi connectivity index (χ4n) is 3.53. The third-order valence-electron chi connectivity index (χ3n) is 5.27. The highest BCUT2D eigenvalue weighted by Gasteiger charge is 2.13. The molecule has 0 spiro atoms. The zero-order valence-corrected chi connectivity index (χ0v) is 20.2. The Kier molecular flexibility index (Phi) is 7.85. The van der Waals surface area contributed by atoms with Crippen LogP contribution >= 0.6 is 11.6 Å². The fraction of sp³-hybridized carbons (Fsp3) is 0.143. The van der Waals surface area contributed by atoms with Crippen LogP contribution < -0.4 is 19.6 Å². The normalized spacial score (nSPS) is 10.9. The number of benzene rings is 4. The summed E-state index contributed by atoms with van der Waals surface area (Å²) >= 11 is 5.94. The third kappa shape index (κ3) is 6.11. The Labute approximate surface area is 209 Å².